The highest BCUT2D eigenvalue weighted by molar-refractivity contribution is 14.0. The zero-order valence-corrected chi connectivity index (χ0v) is 20.2. The van der Waals surface area contributed by atoms with Crippen molar-refractivity contribution in [3.8, 4) is 0 Å². The summed E-state index contributed by atoms with van der Waals surface area (Å²) < 4.78 is 32.3. The molecule has 7 nitrogen and oxygen atoms in total. The number of benzene rings is 2. The number of hydrogen-bond acceptors (Lipinski definition) is 4. The van der Waals surface area contributed by atoms with E-state index in [1.165, 1.54) is 4.31 Å². The molecular formula is C21H29IN4O3S. The molecule has 0 radical (unpaired) electrons. The maximum atomic E-state index is 12.8. The Balaban J connectivity index is 0.00000320. The number of sulfonamides is 1. The van der Waals surface area contributed by atoms with Crippen molar-refractivity contribution in [2.75, 3.05) is 33.4 Å². The van der Waals surface area contributed by atoms with Crippen molar-refractivity contribution >= 4 is 40.0 Å². The molecule has 1 aliphatic heterocycles. The molecule has 1 heterocycles. The van der Waals surface area contributed by atoms with Crippen molar-refractivity contribution in [1.82, 2.24) is 14.9 Å². The van der Waals surface area contributed by atoms with E-state index in [1.54, 1.807) is 7.05 Å². The van der Waals surface area contributed by atoms with Crippen molar-refractivity contribution in [3.63, 3.8) is 0 Å². The third-order valence-corrected chi connectivity index (χ3v) is 6.62. The van der Waals surface area contributed by atoms with Gasteiger partial charge < -0.3 is 15.4 Å². The molecule has 0 bridgehead atoms. The van der Waals surface area contributed by atoms with Gasteiger partial charge in [-0.1, -0.05) is 54.6 Å². The number of halogens is 1. The Bertz CT molecular complexity index is 917. The van der Waals surface area contributed by atoms with Crippen LogP contribution >= 0.6 is 24.0 Å². The van der Waals surface area contributed by atoms with Gasteiger partial charge in [-0.25, -0.2) is 8.42 Å². The number of guanidine groups is 1. The van der Waals surface area contributed by atoms with Crippen LogP contribution in [0.25, 0.3) is 0 Å². The van der Waals surface area contributed by atoms with Crippen molar-refractivity contribution in [1.29, 1.82) is 0 Å². The van der Waals surface area contributed by atoms with Crippen LogP contribution in [0, 0.1) is 0 Å². The van der Waals surface area contributed by atoms with E-state index in [9.17, 15) is 8.42 Å². The van der Waals surface area contributed by atoms with Gasteiger partial charge in [0.1, 0.15) is 0 Å². The molecule has 9 heteroatoms. The van der Waals surface area contributed by atoms with E-state index in [2.05, 4.69) is 15.6 Å². The molecule has 0 saturated carbocycles. The summed E-state index contributed by atoms with van der Waals surface area (Å²) in [6.45, 7) is 2.88. The third-order valence-electron chi connectivity index (χ3n) is 4.79. The first kappa shape index (κ1) is 24.6. The number of ether oxygens (including phenoxy) is 1. The summed E-state index contributed by atoms with van der Waals surface area (Å²) in [6, 6.07) is 17.7. The molecule has 1 aliphatic rings. The maximum Gasteiger partial charge on any atom is 0.218 e. The van der Waals surface area contributed by atoms with Gasteiger partial charge in [0.05, 0.1) is 19.0 Å². The fourth-order valence-electron chi connectivity index (χ4n) is 3.16. The Morgan fingerprint density at radius 1 is 0.967 bits per heavy atom. The third kappa shape index (κ3) is 7.22. The highest BCUT2D eigenvalue weighted by Crippen LogP contribution is 2.16. The minimum Gasteiger partial charge on any atom is -0.379 e. The number of nitrogens with zero attached hydrogens (tertiary/aromatic N) is 2. The lowest BCUT2D eigenvalue weighted by molar-refractivity contribution is 0.0729. The summed E-state index contributed by atoms with van der Waals surface area (Å²) in [5.41, 5.74) is 2.89. The predicted octanol–water partition coefficient (Wildman–Crippen LogP) is 2.33. The molecule has 0 aliphatic carbocycles. The largest absolute Gasteiger partial charge is 0.379 e. The monoisotopic (exact) mass is 544 g/mol. The first-order valence-electron chi connectivity index (χ1n) is 9.69. The van der Waals surface area contributed by atoms with E-state index in [0.717, 1.165) is 16.7 Å². The van der Waals surface area contributed by atoms with Crippen LogP contribution in [0.4, 0.5) is 0 Å². The number of hydrogen-bond donors (Lipinski definition) is 2. The number of rotatable bonds is 7. The zero-order chi connectivity index (χ0) is 20.5. The lowest BCUT2D eigenvalue weighted by Crippen LogP contribution is -2.41. The maximum absolute atomic E-state index is 12.8. The average molecular weight is 544 g/mol. The Morgan fingerprint density at radius 2 is 1.57 bits per heavy atom. The molecule has 2 aromatic rings. The van der Waals surface area contributed by atoms with Gasteiger partial charge in [-0.3, -0.25) is 4.99 Å². The summed E-state index contributed by atoms with van der Waals surface area (Å²) in [4.78, 5) is 4.25. The summed E-state index contributed by atoms with van der Waals surface area (Å²) in [7, 11) is -1.65. The highest BCUT2D eigenvalue weighted by atomic mass is 127. The zero-order valence-electron chi connectivity index (χ0n) is 17.1. The lowest BCUT2D eigenvalue weighted by atomic mass is 10.1. The van der Waals surface area contributed by atoms with Gasteiger partial charge in [0.15, 0.2) is 5.96 Å². The lowest BCUT2D eigenvalue weighted by Gasteiger charge is -2.26. The number of nitrogens with one attached hydrogen (secondary N) is 2. The van der Waals surface area contributed by atoms with E-state index in [1.807, 2.05) is 54.6 Å². The van der Waals surface area contributed by atoms with E-state index in [-0.39, 0.29) is 29.7 Å². The fraction of sp³-hybridized carbons (Fsp3) is 0.381. The Hall–Kier alpha value is -1.69. The van der Waals surface area contributed by atoms with Crippen molar-refractivity contribution in [3.05, 3.63) is 71.3 Å². The van der Waals surface area contributed by atoms with E-state index in [4.69, 9.17) is 4.74 Å². The van der Waals surface area contributed by atoms with Crippen molar-refractivity contribution in [2.24, 2.45) is 4.99 Å². The number of morpholine rings is 1. The summed E-state index contributed by atoms with van der Waals surface area (Å²) in [5.74, 6) is 0.653. The van der Waals surface area contributed by atoms with Crippen LogP contribution < -0.4 is 10.6 Å². The minimum atomic E-state index is -3.37. The van der Waals surface area contributed by atoms with Gasteiger partial charge in [-0.05, 0) is 16.7 Å². The smallest absolute Gasteiger partial charge is 0.218 e. The van der Waals surface area contributed by atoms with E-state index in [0.29, 0.717) is 45.4 Å². The molecule has 1 saturated heterocycles. The van der Waals surface area contributed by atoms with E-state index >= 15 is 0 Å². The van der Waals surface area contributed by atoms with Gasteiger partial charge in [0.2, 0.25) is 10.0 Å². The van der Waals surface area contributed by atoms with Crippen LogP contribution in [0.2, 0.25) is 0 Å². The van der Waals surface area contributed by atoms with Gasteiger partial charge in [-0.15, -0.1) is 24.0 Å². The standard InChI is InChI=1S/C21H28N4O3S.HI/c1-22-21(23-15-18-7-3-2-4-8-18)24-16-19-9-5-6-10-20(19)17-29(26,27)25-11-13-28-14-12-25;/h2-10H,11-17H2,1H3,(H2,22,23,24);1H. The van der Waals surface area contributed by atoms with Crippen LogP contribution in [0.15, 0.2) is 59.6 Å². The summed E-state index contributed by atoms with van der Waals surface area (Å²) in [6.07, 6.45) is 0. The molecular weight excluding hydrogens is 515 g/mol. The second kappa shape index (κ2) is 12.2. The minimum absolute atomic E-state index is 0. The first-order valence-corrected chi connectivity index (χ1v) is 11.3. The van der Waals surface area contributed by atoms with Crippen LogP contribution in [0.1, 0.15) is 16.7 Å². The fourth-order valence-corrected chi connectivity index (χ4v) is 4.73. The van der Waals surface area contributed by atoms with Gasteiger partial charge in [0.25, 0.3) is 0 Å². The first-order chi connectivity index (χ1) is 14.1. The normalized spacial score (nSPS) is 15.3. The topological polar surface area (TPSA) is 83.0 Å². The highest BCUT2D eigenvalue weighted by Gasteiger charge is 2.25. The number of aliphatic imine (C=N–C) groups is 1. The van der Waals surface area contributed by atoms with Gasteiger partial charge in [0, 0.05) is 33.2 Å². The average Bonchev–Trinajstić information content (AvgIpc) is 2.76. The second-order valence-corrected chi connectivity index (χ2v) is 8.77. The molecule has 0 aromatic heterocycles. The predicted molar refractivity (Wildman–Crippen MR) is 130 cm³/mol. The molecule has 2 aromatic carbocycles. The molecule has 1 fully saturated rings. The molecule has 0 unspecified atom stereocenters. The molecule has 0 amide bonds. The summed E-state index contributed by atoms with van der Waals surface area (Å²) >= 11 is 0. The van der Waals surface area contributed by atoms with Crippen LogP contribution in [-0.2, 0) is 33.6 Å². The van der Waals surface area contributed by atoms with Crippen molar-refractivity contribution in [2.45, 2.75) is 18.8 Å². The second-order valence-electron chi connectivity index (χ2n) is 6.80. The van der Waals surface area contributed by atoms with Crippen molar-refractivity contribution < 1.29 is 13.2 Å². The van der Waals surface area contributed by atoms with Gasteiger partial charge >= 0.3 is 0 Å². The Kier molecular flexibility index (Phi) is 10.0. The molecule has 0 spiro atoms. The quantitative estimate of drug-likeness (QED) is 0.318. The Labute approximate surface area is 196 Å². The van der Waals surface area contributed by atoms with Gasteiger partial charge in [-0.2, -0.15) is 4.31 Å². The Morgan fingerprint density at radius 3 is 2.23 bits per heavy atom. The van der Waals surface area contributed by atoms with E-state index < -0.39 is 10.0 Å². The molecule has 30 heavy (non-hydrogen) atoms. The summed E-state index contributed by atoms with van der Waals surface area (Å²) in [5, 5.41) is 6.55. The molecule has 164 valence electrons. The molecule has 2 N–H and O–H groups in total. The SMILES string of the molecule is CN=C(NCc1ccccc1)NCc1ccccc1CS(=O)(=O)N1CCOCC1.I. The van der Waals surface area contributed by atoms with Crippen LogP contribution in [0.3, 0.4) is 0 Å². The molecule has 3 rings (SSSR count). The molecule has 0 atom stereocenters. The van der Waals surface area contributed by atoms with Crippen LogP contribution in [0.5, 0.6) is 0 Å². The van der Waals surface area contributed by atoms with Crippen LogP contribution in [-0.4, -0.2) is 52.0 Å².